The first-order chi connectivity index (χ1) is 35.9. The molecule has 378 valence electrons. The number of nitriles is 1. The van der Waals surface area contributed by atoms with Crippen LogP contribution in [0.2, 0.25) is 0 Å². The normalized spacial score (nSPS) is 11.0. The van der Waals surface area contributed by atoms with E-state index in [9.17, 15) is 19.2 Å². The number of fused-ring (bicyclic) bond motifs is 2. The predicted octanol–water partition coefficient (Wildman–Crippen LogP) is 7.33. The molecule has 0 saturated heterocycles. The number of oxime groups is 1. The van der Waals surface area contributed by atoms with Gasteiger partial charge in [-0.05, 0) is 123 Å². The van der Waals surface area contributed by atoms with Crippen molar-refractivity contribution in [2.24, 2.45) is 25.0 Å². The third-order valence-electron chi connectivity index (χ3n) is 11.7. The van der Waals surface area contributed by atoms with Gasteiger partial charge in [-0.25, -0.2) is 19.9 Å². The van der Waals surface area contributed by atoms with Gasteiger partial charge in [-0.3, -0.25) is 29.0 Å². The monoisotopic (exact) mass is 997 g/mol. The van der Waals surface area contributed by atoms with Crippen molar-refractivity contribution in [3.8, 4) is 6.07 Å². The SMILES string of the molecule is CCOC(=O)CCN(C(=O)c1ccc2c(c1)nc(CNc1ccc(/C(N)=N/O)cc1)n2C)c1ccccn1.CCOC(=O)CCN(C(=O)c1ccc2c(c1)nc(CNc1ccc(C#N)cc1)n2C)c1ccccn1. The highest BCUT2D eigenvalue weighted by Crippen LogP contribution is 2.24. The molecule has 0 spiro atoms. The van der Waals surface area contributed by atoms with Crippen LogP contribution in [-0.4, -0.2) is 90.2 Å². The maximum absolute atomic E-state index is 13.5. The van der Waals surface area contributed by atoms with E-state index in [4.69, 9.17) is 35.6 Å². The predicted molar refractivity (Wildman–Crippen MR) is 281 cm³/mol. The van der Waals surface area contributed by atoms with E-state index < -0.39 is 0 Å². The molecule has 0 saturated carbocycles. The molecule has 20 nitrogen and oxygen atoms in total. The van der Waals surface area contributed by atoms with E-state index in [-0.39, 0.29) is 68.7 Å². The lowest BCUT2D eigenvalue weighted by molar-refractivity contribution is -0.143. The summed E-state index contributed by atoms with van der Waals surface area (Å²) in [5, 5.41) is 27.4. The van der Waals surface area contributed by atoms with Crippen molar-refractivity contribution in [3.05, 3.63) is 168 Å². The topological polar surface area (TPSA) is 261 Å². The summed E-state index contributed by atoms with van der Waals surface area (Å²) in [5.74, 6) is 1.21. The average molecular weight is 998 g/mol. The minimum Gasteiger partial charge on any atom is -0.466 e. The summed E-state index contributed by atoms with van der Waals surface area (Å²) in [7, 11) is 3.83. The lowest BCUT2D eigenvalue weighted by Crippen LogP contribution is -2.34. The van der Waals surface area contributed by atoms with Crippen LogP contribution in [-0.2, 0) is 46.2 Å². The second-order valence-corrected chi connectivity index (χ2v) is 16.4. The number of benzene rings is 4. The number of esters is 2. The number of anilines is 4. The Morgan fingerprint density at radius 1 is 0.649 bits per heavy atom. The summed E-state index contributed by atoms with van der Waals surface area (Å²) >= 11 is 0. The van der Waals surface area contributed by atoms with E-state index in [2.05, 4.69) is 31.8 Å². The van der Waals surface area contributed by atoms with Crippen molar-refractivity contribution in [1.29, 1.82) is 5.26 Å². The molecular formula is C54H55N13O7. The Balaban J connectivity index is 0.000000217. The second-order valence-electron chi connectivity index (χ2n) is 16.4. The van der Waals surface area contributed by atoms with Gasteiger partial charge in [-0.15, -0.1) is 0 Å². The van der Waals surface area contributed by atoms with Crippen molar-refractivity contribution in [1.82, 2.24) is 29.1 Å². The molecule has 0 atom stereocenters. The maximum Gasteiger partial charge on any atom is 0.307 e. The summed E-state index contributed by atoms with van der Waals surface area (Å²) in [6, 6.07) is 37.8. The van der Waals surface area contributed by atoms with Crippen LogP contribution in [0.5, 0.6) is 0 Å². The standard InChI is InChI=1S/C27H29N7O4.C27H26N6O3/c1-3-38-25(35)13-15-34(23-6-4-5-14-29-23)27(36)19-9-12-22-21(16-19)31-24(33(22)2)17-30-20-10-7-18(8-11-20)26(28)32-37;1-3-36-26(34)13-15-33(24-6-4-5-14-29-24)27(35)20-9-12-23-22(16-20)31-25(32(23)2)18-30-21-10-7-19(17-28)8-11-21/h4-12,14,16,30,37H,3,13,15,17H2,1-2H3,(H2,28,32);4-12,14,16,30H,3,13,15,18H2,1-2H3. The van der Waals surface area contributed by atoms with E-state index >= 15 is 0 Å². The van der Waals surface area contributed by atoms with Crippen molar-refractivity contribution >= 4 is 74.7 Å². The van der Waals surface area contributed by atoms with Crippen LogP contribution in [0.3, 0.4) is 0 Å². The molecule has 0 aliphatic rings. The molecule has 8 rings (SSSR count). The Morgan fingerprint density at radius 2 is 1.08 bits per heavy atom. The Labute approximate surface area is 426 Å². The molecule has 2 amide bonds. The van der Waals surface area contributed by atoms with E-state index in [1.807, 2.05) is 59.6 Å². The van der Waals surface area contributed by atoms with E-state index in [0.29, 0.717) is 58.0 Å². The molecule has 0 radical (unpaired) electrons. The number of rotatable bonds is 19. The van der Waals surface area contributed by atoms with Crippen LogP contribution in [0.15, 0.2) is 139 Å². The molecule has 0 aliphatic carbocycles. The maximum atomic E-state index is 13.5. The molecule has 5 N–H and O–H groups in total. The van der Waals surface area contributed by atoms with Gasteiger partial charge in [0.25, 0.3) is 11.8 Å². The zero-order valence-electron chi connectivity index (χ0n) is 41.3. The summed E-state index contributed by atoms with van der Waals surface area (Å²) in [5.41, 5.74) is 12.5. The smallest absolute Gasteiger partial charge is 0.307 e. The van der Waals surface area contributed by atoms with Crippen molar-refractivity contribution in [2.75, 3.05) is 46.7 Å². The van der Waals surface area contributed by atoms with Gasteiger partial charge in [0.05, 0.1) is 72.8 Å². The van der Waals surface area contributed by atoms with Gasteiger partial charge in [0.15, 0.2) is 5.84 Å². The lowest BCUT2D eigenvalue weighted by atomic mass is 10.1. The van der Waals surface area contributed by atoms with Crippen LogP contribution < -0.4 is 26.2 Å². The van der Waals surface area contributed by atoms with Gasteiger partial charge in [-0.2, -0.15) is 5.26 Å². The van der Waals surface area contributed by atoms with Crippen molar-refractivity contribution in [2.45, 2.75) is 39.8 Å². The highest BCUT2D eigenvalue weighted by Gasteiger charge is 2.23. The second kappa shape index (κ2) is 25.0. The number of carbonyl (C=O) groups excluding carboxylic acids is 4. The fourth-order valence-corrected chi connectivity index (χ4v) is 7.77. The molecular weight excluding hydrogens is 943 g/mol. The van der Waals surface area contributed by atoms with Gasteiger partial charge < -0.3 is 40.2 Å². The number of carbonyl (C=O) groups is 4. The minimum absolute atomic E-state index is 0.0414. The molecule has 4 aromatic heterocycles. The quantitative estimate of drug-likeness (QED) is 0.0203. The zero-order valence-corrected chi connectivity index (χ0v) is 41.3. The molecule has 74 heavy (non-hydrogen) atoms. The number of aryl methyl sites for hydroxylation is 2. The first kappa shape index (κ1) is 52.2. The van der Waals surface area contributed by atoms with E-state index in [1.165, 1.54) is 9.80 Å². The number of nitrogens with two attached hydrogens (primary N) is 1. The zero-order chi connectivity index (χ0) is 52.6. The number of hydrogen-bond acceptors (Lipinski definition) is 15. The van der Waals surface area contributed by atoms with Gasteiger partial charge in [0, 0.05) is 67.6 Å². The minimum atomic E-state index is -0.377. The number of aromatic nitrogens is 6. The van der Waals surface area contributed by atoms with Gasteiger partial charge in [0.2, 0.25) is 0 Å². The van der Waals surface area contributed by atoms with Gasteiger partial charge in [-0.1, -0.05) is 17.3 Å². The third-order valence-corrected chi connectivity index (χ3v) is 11.7. The number of pyridine rings is 2. The molecule has 20 heteroatoms. The Bertz CT molecular complexity index is 3300. The number of hydrogen-bond donors (Lipinski definition) is 4. The first-order valence-corrected chi connectivity index (χ1v) is 23.6. The summed E-state index contributed by atoms with van der Waals surface area (Å²) in [4.78, 5) is 71.9. The fourth-order valence-electron chi connectivity index (χ4n) is 7.77. The van der Waals surface area contributed by atoms with Gasteiger partial charge in [0.1, 0.15) is 23.3 Å². The molecule has 4 aromatic carbocycles. The van der Waals surface area contributed by atoms with Crippen LogP contribution in [0, 0.1) is 11.3 Å². The van der Waals surface area contributed by atoms with E-state index in [0.717, 1.165) is 34.1 Å². The summed E-state index contributed by atoms with van der Waals surface area (Å²) in [6.45, 7) is 5.25. The Morgan fingerprint density at radius 3 is 1.47 bits per heavy atom. The highest BCUT2D eigenvalue weighted by atomic mass is 16.5. The number of ether oxygens (including phenoxy) is 2. The Hall–Kier alpha value is -9.64. The number of nitrogens with one attached hydrogen (secondary N) is 2. The molecule has 4 heterocycles. The number of imidazole rings is 2. The average Bonchev–Trinajstić information content (AvgIpc) is 3.93. The first-order valence-electron chi connectivity index (χ1n) is 23.6. The number of amides is 2. The van der Waals surface area contributed by atoms with Crippen LogP contribution >= 0.6 is 0 Å². The van der Waals surface area contributed by atoms with Crippen molar-refractivity contribution < 1.29 is 33.9 Å². The van der Waals surface area contributed by atoms with Crippen molar-refractivity contribution in [3.63, 3.8) is 0 Å². The Kier molecular flexibility index (Phi) is 17.6. The fraction of sp³-hybridized carbons (Fsp3) is 0.222. The van der Waals surface area contributed by atoms with Crippen LogP contribution in [0.1, 0.15) is 70.2 Å². The molecule has 0 fully saturated rings. The number of nitrogens with zero attached hydrogens (tertiary/aromatic N) is 10. The highest BCUT2D eigenvalue weighted by molar-refractivity contribution is 6.08. The van der Waals surface area contributed by atoms with Crippen LogP contribution in [0.4, 0.5) is 23.0 Å². The molecule has 0 unspecified atom stereocenters. The molecule has 0 bridgehead atoms. The lowest BCUT2D eigenvalue weighted by Gasteiger charge is -2.21. The summed E-state index contributed by atoms with van der Waals surface area (Å²) < 4.78 is 14.0. The van der Waals surface area contributed by atoms with E-state index in [1.54, 1.807) is 111 Å². The summed E-state index contributed by atoms with van der Waals surface area (Å²) in [6.07, 6.45) is 3.32. The largest absolute Gasteiger partial charge is 0.466 e. The number of amidine groups is 1. The van der Waals surface area contributed by atoms with Gasteiger partial charge >= 0.3 is 11.9 Å². The van der Waals surface area contributed by atoms with Crippen LogP contribution in [0.25, 0.3) is 22.1 Å². The third kappa shape index (κ3) is 13.0. The molecule has 0 aliphatic heterocycles. The molecule has 8 aromatic rings.